The van der Waals surface area contributed by atoms with Crippen LogP contribution in [0.15, 0.2) is 18.2 Å². The third-order valence-corrected chi connectivity index (χ3v) is 4.14. The van der Waals surface area contributed by atoms with Crippen molar-refractivity contribution in [1.82, 2.24) is 5.32 Å². The van der Waals surface area contributed by atoms with Crippen molar-refractivity contribution in [2.75, 3.05) is 11.9 Å². The van der Waals surface area contributed by atoms with Crippen molar-refractivity contribution in [1.29, 1.82) is 0 Å². The summed E-state index contributed by atoms with van der Waals surface area (Å²) >= 11 is 6.06. The van der Waals surface area contributed by atoms with Gasteiger partial charge in [0.25, 0.3) is 0 Å². The Hall–Kier alpha value is -0.730. The molecule has 0 saturated carbocycles. The largest absolute Gasteiger partial charge is 0.382 e. The number of anilines is 1. The molecule has 0 amide bonds. The number of nitrogens with one attached hydrogen (secondary N) is 2. The number of hydrogen-bond donors (Lipinski definition) is 2. The molecule has 106 valence electrons. The smallest absolute Gasteiger partial charge is 0.0426 e. The zero-order valence-corrected chi connectivity index (χ0v) is 12.8. The fraction of sp³-hybridized carbons (Fsp3) is 0.625. The van der Waals surface area contributed by atoms with Gasteiger partial charge in [-0.2, -0.15) is 0 Å². The van der Waals surface area contributed by atoms with E-state index in [-0.39, 0.29) is 0 Å². The van der Waals surface area contributed by atoms with Crippen LogP contribution in [0.4, 0.5) is 5.69 Å². The molecule has 19 heavy (non-hydrogen) atoms. The lowest BCUT2D eigenvalue weighted by Crippen LogP contribution is -2.33. The normalized spacial score (nSPS) is 21.7. The Bertz CT molecular complexity index is 398. The van der Waals surface area contributed by atoms with E-state index in [9.17, 15) is 0 Å². The van der Waals surface area contributed by atoms with Crippen LogP contribution in [0.5, 0.6) is 0 Å². The summed E-state index contributed by atoms with van der Waals surface area (Å²) in [6.45, 7) is 5.55. The topological polar surface area (TPSA) is 24.1 Å². The van der Waals surface area contributed by atoms with Crippen molar-refractivity contribution >= 4 is 17.3 Å². The summed E-state index contributed by atoms with van der Waals surface area (Å²) in [6.07, 6.45) is 6.54. The van der Waals surface area contributed by atoms with Gasteiger partial charge in [-0.1, -0.05) is 30.5 Å². The van der Waals surface area contributed by atoms with E-state index in [1.807, 2.05) is 12.1 Å². The molecule has 1 aromatic rings. The Kier molecular flexibility index (Phi) is 5.53. The third-order valence-electron chi connectivity index (χ3n) is 3.90. The Balaban J connectivity index is 1.89. The van der Waals surface area contributed by atoms with Gasteiger partial charge < -0.3 is 10.6 Å². The number of aryl methyl sites for hydroxylation is 1. The van der Waals surface area contributed by atoms with Crippen LogP contribution >= 0.6 is 11.6 Å². The Morgan fingerprint density at radius 1 is 1.37 bits per heavy atom. The van der Waals surface area contributed by atoms with E-state index < -0.39 is 0 Å². The maximum Gasteiger partial charge on any atom is 0.0426 e. The molecule has 0 radical (unpaired) electrons. The molecule has 0 spiro atoms. The molecule has 3 heteroatoms. The molecule has 2 unspecified atom stereocenters. The van der Waals surface area contributed by atoms with E-state index >= 15 is 0 Å². The first-order chi connectivity index (χ1) is 9.15. The van der Waals surface area contributed by atoms with Crippen LogP contribution in [0.3, 0.4) is 0 Å². The summed E-state index contributed by atoms with van der Waals surface area (Å²) in [7, 11) is 0. The van der Waals surface area contributed by atoms with E-state index in [4.69, 9.17) is 11.6 Å². The molecule has 1 fully saturated rings. The minimum atomic E-state index is 0.466. The molecule has 2 atom stereocenters. The molecule has 1 aliphatic rings. The molecule has 1 aliphatic heterocycles. The fourth-order valence-electron chi connectivity index (χ4n) is 2.80. The summed E-state index contributed by atoms with van der Waals surface area (Å²) in [4.78, 5) is 0. The second-order valence-electron chi connectivity index (χ2n) is 5.74. The molecule has 0 bridgehead atoms. The van der Waals surface area contributed by atoms with Crippen molar-refractivity contribution in [3.63, 3.8) is 0 Å². The Morgan fingerprint density at radius 3 is 3.05 bits per heavy atom. The van der Waals surface area contributed by atoms with Crippen LogP contribution < -0.4 is 10.6 Å². The quantitative estimate of drug-likeness (QED) is 0.856. The first kappa shape index (κ1) is 14.7. The predicted octanol–water partition coefficient (Wildman–Crippen LogP) is 4.37. The first-order valence-corrected chi connectivity index (χ1v) is 7.79. The van der Waals surface area contributed by atoms with Crippen molar-refractivity contribution in [3.05, 3.63) is 28.8 Å². The van der Waals surface area contributed by atoms with Gasteiger partial charge in [0.2, 0.25) is 0 Å². The molecule has 1 aromatic carbocycles. The van der Waals surface area contributed by atoms with Gasteiger partial charge in [-0.3, -0.25) is 0 Å². The zero-order chi connectivity index (χ0) is 13.7. The fourth-order valence-corrected chi connectivity index (χ4v) is 2.97. The summed E-state index contributed by atoms with van der Waals surface area (Å²) in [5.74, 6) is 0. The van der Waals surface area contributed by atoms with Gasteiger partial charge in [-0.25, -0.2) is 0 Å². The van der Waals surface area contributed by atoms with Gasteiger partial charge in [0, 0.05) is 22.8 Å². The monoisotopic (exact) mass is 280 g/mol. The average Bonchev–Trinajstić information content (AvgIpc) is 2.62. The second kappa shape index (κ2) is 7.16. The van der Waals surface area contributed by atoms with Crippen LogP contribution in [0.1, 0.15) is 44.6 Å². The van der Waals surface area contributed by atoms with Crippen LogP contribution in [0.2, 0.25) is 5.02 Å². The summed E-state index contributed by atoms with van der Waals surface area (Å²) in [5.41, 5.74) is 2.42. The van der Waals surface area contributed by atoms with Crippen LogP contribution in [-0.4, -0.2) is 18.6 Å². The SMILES string of the molecule is Cc1ccc(Cl)cc1NC(C)CC1CCCCCN1. The predicted molar refractivity (Wildman–Crippen MR) is 84.1 cm³/mol. The van der Waals surface area contributed by atoms with Gasteiger partial charge in [0.15, 0.2) is 0 Å². The first-order valence-electron chi connectivity index (χ1n) is 7.41. The maximum absolute atomic E-state index is 6.06. The van der Waals surface area contributed by atoms with E-state index in [0.717, 1.165) is 10.7 Å². The number of rotatable bonds is 4. The molecule has 2 rings (SSSR count). The van der Waals surface area contributed by atoms with Gasteiger partial charge in [-0.05, 0) is 57.4 Å². The number of benzene rings is 1. The molecule has 2 N–H and O–H groups in total. The highest BCUT2D eigenvalue weighted by Crippen LogP contribution is 2.22. The van der Waals surface area contributed by atoms with E-state index in [0.29, 0.717) is 12.1 Å². The van der Waals surface area contributed by atoms with Crippen LogP contribution in [0, 0.1) is 6.92 Å². The number of hydrogen-bond acceptors (Lipinski definition) is 2. The van der Waals surface area contributed by atoms with Crippen LogP contribution in [-0.2, 0) is 0 Å². The summed E-state index contributed by atoms with van der Waals surface area (Å²) in [5, 5.41) is 8.05. The Morgan fingerprint density at radius 2 is 2.21 bits per heavy atom. The maximum atomic E-state index is 6.06. The minimum absolute atomic E-state index is 0.466. The molecule has 2 nitrogen and oxygen atoms in total. The molecule has 0 aliphatic carbocycles. The van der Waals surface area contributed by atoms with Crippen LogP contribution in [0.25, 0.3) is 0 Å². The minimum Gasteiger partial charge on any atom is -0.382 e. The average molecular weight is 281 g/mol. The molecule has 1 saturated heterocycles. The summed E-state index contributed by atoms with van der Waals surface area (Å²) in [6, 6.07) is 7.16. The van der Waals surface area contributed by atoms with E-state index in [1.165, 1.54) is 44.2 Å². The molecule has 0 aromatic heterocycles. The van der Waals surface area contributed by atoms with Crippen molar-refractivity contribution in [2.24, 2.45) is 0 Å². The highest BCUT2D eigenvalue weighted by Gasteiger charge is 2.15. The second-order valence-corrected chi connectivity index (χ2v) is 6.18. The molecular weight excluding hydrogens is 256 g/mol. The highest BCUT2D eigenvalue weighted by atomic mass is 35.5. The zero-order valence-electron chi connectivity index (χ0n) is 12.0. The molecular formula is C16H25ClN2. The van der Waals surface area contributed by atoms with E-state index in [2.05, 4.69) is 30.5 Å². The molecule has 1 heterocycles. The lowest BCUT2D eigenvalue weighted by atomic mass is 10.0. The highest BCUT2D eigenvalue weighted by molar-refractivity contribution is 6.30. The van der Waals surface area contributed by atoms with Gasteiger partial charge in [-0.15, -0.1) is 0 Å². The third kappa shape index (κ3) is 4.70. The standard InChI is InChI=1S/C16H25ClN2/c1-12-7-8-14(17)11-16(12)19-13(2)10-15-6-4-3-5-9-18-15/h7-8,11,13,15,18-19H,3-6,9-10H2,1-2H3. The van der Waals surface area contributed by atoms with Gasteiger partial charge in [0.05, 0.1) is 0 Å². The van der Waals surface area contributed by atoms with Gasteiger partial charge in [0.1, 0.15) is 0 Å². The number of halogens is 1. The lowest BCUT2D eigenvalue weighted by Gasteiger charge is -2.23. The lowest BCUT2D eigenvalue weighted by molar-refractivity contribution is 0.456. The van der Waals surface area contributed by atoms with E-state index in [1.54, 1.807) is 0 Å². The van der Waals surface area contributed by atoms with Crippen molar-refractivity contribution in [3.8, 4) is 0 Å². The summed E-state index contributed by atoms with van der Waals surface area (Å²) < 4.78 is 0. The Labute approximate surface area is 121 Å². The van der Waals surface area contributed by atoms with Gasteiger partial charge >= 0.3 is 0 Å². The van der Waals surface area contributed by atoms with Crippen molar-refractivity contribution in [2.45, 2.75) is 58.0 Å². The van der Waals surface area contributed by atoms with Crippen molar-refractivity contribution < 1.29 is 0 Å².